The van der Waals surface area contributed by atoms with Crippen LogP contribution in [0.3, 0.4) is 0 Å². The maximum absolute atomic E-state index is 13.5. The molecule has 2 aromatic carbocycles. The Hall–Kier alpha value is -3.99. The number of aryl methyl sites for hydroxylation is 1. The molecular formula is C28H20ClN5O3S2. The highest BCUT2D eigenvalue weighted by molar-refractivity contribution is 8.00. The summed E-state index contributed by atoms with van der Waals surface area (Å²) in [5.74, 6) is -1.22. The number of fused-ring (bicyclic) bond motifs is 1. The number of halogens is 1. The van der Waals surface area contributed by atoms with E-state index >= 15 is 0 Å². The number of carbonyl (C=O) groups is 2. The lowest BCUT2D eigenvalue weighted by Gasteiger charge is -2.22. The summed E-state index contributed by atoms with van der Waals surface area (Å²) in [5.41, 5.74) is 3.22. The Morgan fingerprint density at radius 2 is 1.77 bits per heavy atom. The number of anilines is 1. The van der Waals surface area contributed by atoms with E-state index in [1.807, 2.05) is 72.8 Å². The van der Waals surface area contributed by atoms with E-state index in [4.69, 9.17) is 11.6 Å². The predicted octanol–water partition coefficient (Wildman–Crippen LogP) is 6.07. The number of pyridine rings is 1. The van der Waals surface area contributed by atoms with Gasteiger partial charge in [-0.25, -0.2) is 4.98 Å². The van der Waals surface area contributed by atoms with E-state index in [0.717, 1.165) is 5.56 Å². The molecule has 0 radical (unpaired) electrons. The second-order valence-electron chi connectivity index (χ2n) is 8.82. The molecule has 11 heteroatoms. The van der Waals surface area contributed by atoms with Crippen LogP contribution in [0.15, 0.2) is 88.9 Å². The fourth-order valence-electron chi connectivity index (χ4n) is 4.59. The molecule has 0 bridgehead atoms. The zero-order chi connectivity index (χ0) is 27.1. The molecule has 1 fully saturated rings. The number of aromatic nitrogens is 4. The average molecular weight is 574 g/mol. The SMILES string of the molecule is Cc1nc2ccccn2c1C(O)=C1C(=O)C(=O)N(c2nnc(SCc3ccc(Cl)cc3)s2)C1c1ccccc1. The Morgan fingerprint density at radius 3 is 2.54 bits per heavy atom. The van der Waals surface area contributed by atoms with Crippen LogP contribution in [-0.4, -0.2) is 36.4 Å². The van der Waals surface area contributed by atoms with E-state index in [-0.39, 0.29) is 16.5 Å². The van der Waals surface area contributed by atoms with Crippen LogP contribution in [0.5, 0.6) is 0 Å². The Bertz CT molecular complexity index is 1750. The van der Waals surface area contributed by atoms with Gasteiger partial charge in [0.2, 0.25) is 5.13 Å². The van der Waals surface area contributed by atoms with Gasteiger partial charge >= 0.3 is 5.91 Å². The minimum Gasteiger partial charge on any atom is -0.505 e. The van der Waals surface area contributed by atoms with Gasteiger partial charge in [-0.05, 0) is 42.3 Å². The third kappa shape index (κ3) is 4.60. The Labute approximate surface area is 236 Å². The Kier molecular flexibility index (Phi) is 6.68. The fraction of sp³-hybridized carbons (Fsp3) is 0.107. The standard InChI is InChI=1S/C28H20ClN5O3S2/c1-16-22(33-14-6-5-9-20(33)30-16)24(35)21-23(18-7-3-2-4-8-18)34(26(37)25(21)36)27-31-32-28(39-27)38-15-17-10-12-19(29)13-11-17/h2-14,23,35H,15H2,1H3. The lowest BCUT2D eigenvalue weighted by molar-refractivity contribution is -0.132. The summed E-state index contributed by atoms with van der Waals surface area (Å²) in [7, 11) is 0. The number of aliphatic hydroxyl groups excluding tert-OH is 1. The predicted molar refractivity (Wildman–Crippen MR) is 152 cm³/mol. The summed E-state index contributed by atoms with van der Waals surface area (Å²) >= 11 is 8.67. The average Bonchev–Trinajstić information content (AvgIpc) is 3.62. The molecule has 8 nitrogen and oxygen atoms in total. The van der Waals surface area contributed by atoms with Crippen LogP contribution >= 0.6 is 34.7 Å². The normalized spacial score (nSPS) is 16.9. The van der Waals surface area contributed by atoms with Crippen molar-refractivity contribution >= 4 is 62.9 Å². The summed E-state index contributed by atoms with van der Waals surface area (Å²) in [6.07, 6.45) is 1.76. The highest BCUT2D eigenvalue weighted by Gasteiger charge is 2.48. The number of Topliss-reactive ketones (excluding diaryl/α,β-unsaturated/α-hetero) is 1. The largest absolute Gasteiger partial charge is 0.505 e. The van der Waals surface area contributed by atoms with Gasteiger partial charge in [0, 0.05) is 17.0 Å². The first-order chi connectivity index (χ1) is 18.9. The van der Waals surface area contributed by atoms with Gasteiger partial charge in [0.05, 0.1) is 17.3 Å². The molecule has 1 amide bonds. The third-order valence-electron chi connectivity index (χ3n) is 6.37. The molecule has 3 aromatic heterocycles. The van der Waals surface area contributed by atoms with Gasteiger partial charge in [0.15, 0.2) is 10.1 Å². The van der Waals surface area contributed by atoms with Crippen LogP contribution in [-0.2, 0) is 15.3 Å². The maximum Gasteiger partial charge on any atom is 0.301 e. The molecule has 1 aliphatic heterocycles. The van der Waals surface area contributed by atoms with Crippen LogP contribution in [0.4, 0.5) is 5.13 Å². The molecule has 1 saturated heterocycles. The van der Waals surface area contributed by atoms with Crippen LogP contribution < -0.4 is 4.90 Å². The molecule has 6 rings (SSSR count). The smallest absolute Gasteiger partial charge is 0.301 e. The number of rotatable bonds is 6. The monoisotopic (exact) mass is 573 g/mol. The van der Waals surface area contributed by atoms with Crippen LogP contribution in [0.1, 0.15) is 28.6 Å². The minimum atomic E-state index is -0.887. The topological polar surface area (TPSA) is 101 Å². The quantitative estimate of drug-likeness (QED) is 0.0865. The highest BCUT2D eigenvalue weighted by Crippen LogP contribution is 2.44. The Balaban J connectivity index is 1.42. The molecule has 1 N–H and O–H groups in total. The zero-order valence-corrected chi connectivity index (χ0v) is 22.9. The van der Waals surface area contributed by atoms with Crippen molar-refractivity contribution in [1.29, 1.82) is 0 Å². The van der Waals surface area contributed by atoms with Crippen molar-refractivity contribution in [3.8, 4) is 0 Å². The zero-order valence-electron chi connectivity index (χ0n) is 20.5. The molecule has 0 spiro atoms. The van der Waals surface area contributed by atoms with Crippen molar-refractivity contribution in [3.05, 3.63) is 112 Å². The summed E-state index contributed by atoms with van der Waals surface area (Å²) in [4.78, 5) is 32.8. The number of hydrogen-bond donors (Lipinski definition) is 1. The van der Waals surface area contributed by atoms with Gasteiger partial charge in [-0.1, -0.05) is 83.2 Å². The second-order valence-corrected chi connectivity index (χ2v) is 11.4. The van der Waals surface area contributed by atoms with Crippen molar-refractivity contribution in [2.75, 3.05) is 4.90 Å². The van der Waals surface area contributed by atoms with Crippen LogP contribution in [0, 0.1) is 6.92 Å². The highest BCUT2D eigenvalue weighted by atomic mass is 35.5. The van der Waals surface area contributed by atoms with E-state index in [0.29, 0.717) is 37.7 Å². The number of benzene rings is 2. The van der Waals surface area contributed by atoms with Crippen LogP contribution in [0.25, 0.3) is 11.4 Å². The molecule has 5 aromatic rings. The number of imidazole rings is 1. The van der Waals surface area contributed by atoms with E-state index in [2.05, 4.69) is 15.2 Å². The molecule has 1 unspecified atom stereocenters. The first kappa shape index (κ1) is 25.3. The summed E-state index contributed by atoms with van der Waals surface area (Å²) < 4.78 is 2.35. The molecule has 39 heavy (non-hydrogen) atoms. The first-order valence-electron chi connectivity index (χ1n) is 11.9. The Morgan fingerprint density at radius 1 is 1.03 bits per heavy atom. The minimum absolute atomic E-state index is 0.0227. The summed E-state index contributed by atoms with van der Waals surface area (Å²) in [6, 6.07) is 21.2. The molecule has 0 aliphatic carbocycles. The fourth-order valence-corrected chi connectivity index (χ4v) is 6.54. The number of nitrogens with zero attached hydrogens (tertiary/aromatic N) is 5. The number of aliphatic hydroxyl groups is 1. The number of amides is 1. The van der Waals surface area contributed by atoms with Crippen molar-refractivity contribution in [1.82, 2.24) is 19.6 Å². The van der Waals surface area contributed by atoms with E-state index in [9.17, 15) is 14.7 Å². The van der Waals surface area contributed by atoms with Gasteiger partial charge in [-0.15, -0.1) is 10.2 Å². The maximum atomic E-state index is 13.5. The van der Waals surface area contributed by atoms with E-state index in [1.54, 1.807) is 17.5 Å². The lowest BCUT2D eigenvalue weighted by atomic mass is 9.96. The molecule has 194 valence electrons. The van der Waals surface area contributed by atoms with Crippen molar-refractivity contribution < 1.29 is 14.7 Å². The van der Waals surface area contributed by atoms with Gasteiger partial charge < -0.3 is 5.11 Å². The van der Waals surface area contributed by atoms with E-state index < -0.39 is 17.7 Å². The van der Waals surface area contributed by atoms with Gasteiger partial charge in [-0.2, -0.15) is 0 Å². The number of thioether (sulfide) groups is 1. The van der Waals surface area contributed by atoms with Gasteiger partial charge in [0.25, 0.3) is 5.78 Å². The van der Waals surface area contributed by atoms with E-state index in [1.165, 1.54) is 28.0 Å². The second kappa shape index (κ2) is 10.3. The lowest BCUT2D eigenvalue weighted by Crippen LogP contribution is -2.29. The summed E-state index contributed by atoms with van der Waals surface area (Å²) in [6.45, 7) is 1.75. The van der Waals surface area contributed by atoms with Crippen molar-refractivity contribution in [2.45, 2.75) is 23.1 Å². The van der Waals surface area contributed by atoms with Crippen molar-refractivity contribution in [2.24, 2.45) is 0 Å². The summed E-state index contributed by atoms with van der Waals surface area (Å²) in [5, 5.41) is 21.1. The molecular weight excluding hydrogens is 554 g/mol. The molecule has 1 aliphatic rings. The third-order valence-corrected chi connectivity index (χ3v) is 8.74. The van der Waals surface area contributed by atoms with Crippen molar-refractivity contribution in [3.63, 3.8) is 0 Å². The first-order valence-corrected chi connectivity index (χ1v) is 14.1. The molecule has 1 atom stereocenters. The van der Waals surface area contributed by atoms with Gasteiger partial charge in [0.1, 0.15) is 11.3 Å². The molecule has 4 heterocycles. The van der Waals surface area contributed by atoms with Gasteiger partial charge in [-0.3, -0.25) is 18.9 Å². The molecule has 0 saturated carbocycles. The number of hydrogen-bond acceptors (Lipinski definition) is 8. The number of carbonyl (C=O) groups excluding carboxylic acids is 2. The van der Waals surface area contributed by atoms with Crippen LogP contribution in [0.2, 0.25) is 5.02 Å². The number of ketones is 1.